The molecule has 1 amide bonds. The van der Waals surface area contributed by atoms with Crippen molar-refractivity contribution in [3.63, 3.8) is 0 Å². The van der Waals surface area contributed by atoms with Gasteiger partial charge in [-0.25, -0.2) is 0 Å². The molecule has 0 fully saturated rings. The second-order valence-electron chi connectivity index (χ2n) is 4.21. The first-order valence-electron chi connectivity index (χ1n) is 5.62. The Morgan fingerprint density at radius 2 is 2.12 bits per heavy atom. The fraction of sp³-hybridized carbons (Fsp3) is 0.385. The topological polar surface area (TPSA) is 46.6 Å². The van der Waals surface area contributed by atoms with Gasteiger partial charge in [-0.1, -0.05) is 12.1 Å². The van der Waals surface area contributed by atoms with Gasteiger partial charge in [-0.3, -0.25) is 4.79 Å². The number of ketones is 1. The van der Waals surface area contributed by atoms with Gasteiger partial charge in [0.25, 0.3) is 5.91 Å². The monoisotopic (exact) mass is 233 g/mol. The van der Waals surface area contributed by atoms with E-state index in [2.05, 4.69) is 0 Å². The number of benzene rings is 1. The molecule has 0 bridgehead atoms. The highest BCUT2D eigenvalue weighted by molar-refractivity contribution is 5.99. The molecule has 1 aliphatic rings. The van der Waals surface area contributed by atoms with Gasteiger partial charge in [-0.05, 0) is 19.1 Å². The normalized spacial score (nSPS) is 18.6. The Morgan fingerprint density at radius 3 is 2.82 bits per heavy atom. The van der Waals surface area contributed by atoms with Gasteiger partial charge < -0.3 is 14.4 Å². The molecule has 0 N–H and O–H groups in total. The number of amides is 1. The third-order valence-electron chi connectivity index (χ3n) is 2.86. The van der Waals surface area contributed by atoms with Crippen molar-refractivity contribution < 1.29 is 14.3 Å². The third kappa shape index (κ3) is 2.30. The molecular weight excluding hydrogens is 218 g/mol. The molecule has 1 heterocycles. The summed E-state index contributed by atoms with van der Waals surface area (Å²) in [4.78, 5) is 24.5. The molecule has 1 aromatic rings. The molecular formula is C13H15NO3. The number of Topliss-reactive ketones (excluding diaryl/α,β-unsaturated/α-hetero) is 1. The van der Waals surface area contributed by atoms with Gasteiger partial charge in [-0.2, -0.15) is 0 Å². The summed E-state index contributed by atoms with van der Waals surface area (Å²) in [5.74, 6) is 0.677. The van der Waals surface area contributed by atoms with Gasteiger partial charge >= 0.3 is 0 Å². The van der Waals surface area contributed by atoms with Gasteiger partial charge in [0, 0.05) is 19.9 Å². The number of nitrogens with zero attached hydrogens (tertiary/aromatic N) is 1. The number of ether oxygens (including phenoxy) is 1. The van der Waals surface area contributed by atoms with E-state index in [0.29, 0.717) is 18.6 Å². The number of fused-ring (bicyclic) bond motifs is 1. The standard InChI is InChI=1S/C13H15NO3/c1-9(15)7-8-12-13(16)14(2)10-5-3-4-6-11(10)17-12/h3-6,12H,7-8H2,1-2H3. The maximum atomic E-state index is 12.0. The van der Waals surface area contributed by atoms with Crippen LogP contribution in [-0.2, 0) is 9.59 Å². The first-order valence-corrected chi connectivity index (χ1v) is 5.62. The third-order valence-corrected chi connectivity index (χ3v) is 2.86. The van der Waals surface area contributed by atoms with Crippen LogP contribution in [0.4, 0.5) is 5.69 Å². The Morgan fingerprint density at radius 1 is 1.41 bits per heavy atom. The predicted molar refractivity (Wildman–Crippen MR) is 64.2 cm³/mol. The molecule has 90 valence electrons. The van der Waals surface area contributed by atoms with E-state index in [1.807, 2.05) is 24.3 Å². The lowest BCUT2D eigenvalue weighted by Crippen LogP contribution is -2.43. The number of hydrogen-bond donors (Lipinski definition) is 0. The quantitative estimate of drug-likeness (QED) is 0.799. The van der Waals surface area contributed by atoms with E-state index in [9.17, 15) is 9.59 Å². The lowest BCUT2D eigenvalue weighted by Gasteiger charge is -2.31. The SMILES string of the molecule is CC(=O)CCC1Oc2ccccc2N(C)C1=O. The van der Waals surface area contributed by atoms with Crippen LogP contribution in [0.3, 0.4) is 0 Å². The van der Waals surface area contributed by atoms with Crippen LogP contribution < -0.4 is 9.64 Å². The summed E-state index contributed by atoms with van der Waals surface area (Å²) in [5.41, 5.74) is 0.775. The molecule has 4 heteroatoms. The smallest absolute Gasteiger partial charge is 0.267 e. The summed E-state index contributed by atoms with van der Waals surface area (Å²) in [5, 5.41) is 0. The zero-order valence-electron chi connectivity index (χ0n) is 9.97. The molecule has 0 saturated carbocycles. The molecule has 1 unspecified atom stereocenters. The minimum atomic E-state index is -0.543. The van der Waals surface area contributed by atoms with Crippen molar-refractivity contribution in [1.82, 2.24) is 0 Å². The van der Waals surface area contributed by atoms with Gasteiger partial charge in [0.15, 0.2) is 6.10 Å². The molecule has 0 aliphatic carbocycles. The van der Waals surface area contributed by atoms with E-state index in [1.165, 1.54) is 6.92 Å². The lowest BCUT2D eigenvalue weighted by atomic mass is 10.1. The number of para-hydroxylation sites is 2. The Bertz CT molecular complexity index is 456. The van der Waals surface area contributed by atoms with Gasteiger partial charge in [0.05, 0.1) is 5.69 Å². The lowest BCUT2D eigenvalue weighted by molar-refractivity contribution is -0.126. The fourth-order valence-electron chi connectivity index (χ4n) is 1.89. The predicted octanol–water partition coefficient (Wildman–Crippen LogP) is 1.78. The highest BCUT2D eigenvalue weighted by atomic mass is 16.5. The number of hydrogen-bond acceptors (Lipinski definition) is 3. The summed E-state index contributed by atoms with van der Waals surface area (Å²) in [7, 11) is 1.73. The minimum Gasteiger partial charge on any atom is -0.478 e. The van der Waals surface area contributed by atoms with E-state index in [1.54, 1.807) is 11.9 Å². The molecule has 0 aromatic heterocycles. The van der Waals surface area contributed by atoms with Gasteiger partial charge in [0.2, 0.25) is 0 Å². The van der Waals surface area contributed by atoms with Gasteiger partial charge in [-0.15, -0.1) is 0 Å². The van der Waals surface area contributed by atoms with Crippen molar-refractivity contribution in [2.24, 2.45) is 0 Å². The maximum absolute atomic E-state index is 12.0. The van der Waals surface area contributed by atoms with Crippen LogP contribution in [0, 0.1) is 0 Å². The number of rotatable bonds is 3. The number of likely N-dealkylation sites (N-methyl/N-ethyl adjacent to an activating group) is 1. The van der Waals surface area contributed by atoms with E-state index in [-0.39, 0.29) is 11.7 Å². The van der Waals surface area contributed by atoms with Crippen molar-refractivity contribution >= 4 is 17.4 Å². The second kappa shape index (κ2) is 4.57. The molecule has 17 heavy (non-hydrogen) atoms. The molecule has 2 rings (SSSR count). The highest BCUT2D eigenvalue weighted by Crippen LogP contribution is 2.33. The first kappa shape index (κ1) is 11.6. The van der Waals surface area contributed by atoms with Crippen LogP contribution >= 0.6 is 0 Å². The summed E-state index contributed by atoms with van der Waals surface area (Å²) in [6.45, 7) is 1.52. The van der Waals surface area contributed by atoms with Crippen molar-refractivity contribution in [1.29, 1.82) is 0 Å². The number of anilines is 1. The summed E-state index contributed by atoms with van der Waals surface area (Å²) < 4.78 is 5.62. The average Bonchev–Trinajstić information content (AvgIpc) is 2.32. The zero-order valence-corrected chi connectivity index (χ0v) is 9.97. The zero-order chi connectivity index (χ0) is 12.4. The van der Waals surface area contributed by atoms with E-state index >= 15 is 0 Å². The van der Waals surface area contributed by atoms with E-state index in [0.717, 1.165) is 5.69 Å². The molecule has 1 aliphatic heterocycles. The summed E-state index contributed by atoms with van der Waals surface area (Å²) in [6.07, 6.45) is 0.262. The van der Waals surface area contributed by atoms with Crippen LogP contribution in [0.5, 0.6) is 5.75 Å². The van der Waals surface area contributed by atoms with Crippen LogP contribution in [-0.4, -0.2) is 24.8 Å². The van der Waals surface area contributed by atoms with E-state index in [4.69, 9.17) is 4.74 Å². The number of carbonyl (C=O) groups excluding carboxylic acids is 2. The van der Waals surface area contributed by atoms with Crippen LogP contribution in [0.25, 0.3) is 0 Å². The van der Waals surface area contributed by atoms with Gasteiger partial charge in [0.1, 0.15) is 11.5 Å². The van der Waals surface area contributed by atoms with Crippen molar-refractivity contribution in [3.05, 3.63) is 24.3 Å². The van der Waals surface area contributed by atoms with Crippen molar-refractivity contribution in [3.8, 4) is 5.75 Å². The van der Waals surface area contributed by atoms with Crippen LogP contribution in [0.1, 0.15) is 19.8 Å². The molecule has 0 spiro atoms. The second-order valence-corrected chi connectivity index (χ2v) is 4.21. The largest absolute Gasteiger partial charge is 0.478 e. The number of carbonyl (C=O) groups is 2. The summed E-state index contributed by atoms with van der Waals surface area (Å²) >= 11 is 0. The van der Waals surface area contributed by atoms with E-state index < -0.39 is 6.10 Å². The maximum Gasteiger partial charge on any atom is 0.267 e. The minimum absolute atomic E-state index is 0.0721. The first-order chi connectivity index (χ1) is 8.09. The molecule has 4 nitrogen and oxygen atoms in total. The van der Waals surface area contributed by atoms with Crippen molar-refractivity contribution in [2.45, 2.75) is 25.9 Å². The molecule has 0 radical (unpaired) electrons. The molecule has 1 aromatic carbocycles. The Labute approximate surface area is 100 Å². The highest BCUT2D eigenvalue weighted by Gasteiger charge is 2.31. The van der Waals surface area contributed by atoms with Crippen LogP contribution in [0.2, 0.25) is 0 Å². The Balaban J connectivity index is 2.19. The Kier molecular flexibility index (Phi) is 3.13. The average molecular weight is 233 g/mol. The molecule has 0 saturated heterocycles. The summed E-state index contributed by atoms with van der Waals surface area (Å²) in [6, 6.07) is 7.40. The van der Waals surface area contributed by atoms with Crippen molar-refractivity contribution in [2.75, 3.05) is 11.9 Å². The Hall–Kier alpha value is -1.84. The van der Waals surface area contributed by atoms with Crippen LogP contribution in [0.15, 0.2) is 24.3 Å². The fourth-order valence-corrected chi connectivity index (χ4v) is 1.89. The molecule has 1 atom stereocenters.